The molecule has 1 aromatic heterocycles. The van der Waals surface area contributed by atoms with E-state index >= 15 is 0 Å². The molecule has 0 radical (unpaired) electrons. The first-order valence-electron chi connectivity index (χ1n) is 11.5. The first-order chi connectivity index (χ1) is 15.8. The first-order valence-corrected chi connectivity index (χ1v) is 12.5. The zero-order valence-electron chi connectivity index (χ0n) is 20.0. The van der Waals surface area contributed by atoms with Gasteiger partial charge in [0.2, 0.25) is 5.91 Å². The first kappa shape index (κ1) is 23.5. The number of carbonyl (C=O) groups is 1. The number of hydrogen-bond donors (Lipinski definition) is 0. The molecule has 1 saturated heterocycles. The summed E-state index contributed by atoms with van der Waals surface area (Å²) in [7, 11) is 2.10. The highest BCUT2D eigenvalue weighted by Gasteiger charge is 2.22. The number of rotatable bonds is 6. The molecule has 1 aliphatic heterocycles. The molecule has 0 atom stereocenters. The molecule has 2 aromatic carbocycles. The van der Waals surface area contributed by atoms with E-state index in [1.54, 1.807) is 0 Å². The predicted octanol–water partition coefficient (Wildman–Crippen LogP) is 4.16. The second-order valence-electron chi connectivity index (χ2n) is 9.68. The molecule has 4 rings (SSSR count). The van der Waals surface area contributed by atoms with Gasteiger partial charge in [0.05, 0.1) is 12.3 Å². The third-order valence-corrected chi connectivity index (χ3v) is 7.04. The fourth-order valence-electron chi connectivity index (χ4n) is 3.91. The average Bonchev–Trinajstić information content (AvgIpc) is 3.20. The number of piperazine rings is 1. The van der Waals surface area contributed by atoms with Crippen molar-refractivity contribution in [3.05, 3.63) is 65.7 Å². The summed E-state index contributed by atoms with van der Waals surface area (Å²) in [6.07, 6.45) is 0. The summed E-state index contributed by atoms with van der Waals surface area (Å²) in [5.41, 5.74) is 3.59. The quantitative estimate of drug-likeness (QED) is 0.514. The summed E-state index contributed by atoms with van der Waals surface area (Å²) in [4.78, 5) is 17.0. The maximum atomic E-state index is 12.8. The van der Waals surface area contributed by atoms with Crippen LogP contribution in [0.1, 0.15) is 31.9 Å². The van der Waals surface area contributed by atoms with Crippen molar-refractivity contribution in [2.75, 3.05) is 39.0 Å². The molecular formula is C26H33N5OS. The van der Waals surface area contributed by atoms with E-state index in [2.05, 4.69) is 83.9 Å². The molecule has 174 valence electrons. The van der Waals surface area contributed by atoms with Crippen LogP contribution in [0.25, 0.3) is 11.4 Å². The van der Waals surface area contributed by atoms with Gasteiger partial charge in [0, 0.05) is 31.7 Å². The summed E-state index contributed by atoms with van der Waals surface area (Å²) in [6, 6.07) is 18.9. The lowest BCUT2D eigenvalue weighted by atomic mass is 9.87. The molecule has 0 saturated carbocycles. The summed E-state index contributed by atoms with van der Waals surface area (Å²) in [6.45, 7) is 10.7. The fourth-order valence-corrected chi connectivity index (χ4v) is 4.75. The zero-order chi connectivity index (χ0) is 23.4. The Morgan fingerprint density at radius 1 is 0.939 bits per heavy atom. The van der Waals surface area contributed by atoms with Crippen molar-refractivity contribution >= 4 is 17.7 Å². The molecule has 0 spiro atoms. The third kappa shape index (κ3) is 5.84. The monoisotopic (exact) mass is 463 g/mol. The van der Waals surface area contributed by atoms with Gasteiger partial charge >= 0.3 is 0 Å². The van der Waals surface area contributed by atoms with E-state index in [-0.39, 0.29) is 11.3 Å². The maximum absolute atomic E-state index is 12.8. The molecule has 2 heterocycles. The minimum absolute atomic E-state index is 0.0981. The smallest absolute Gasteiger partial charge is 0.233 e. The van der Waals surface area contributed by atoms with Gasteiger partial charge in [0.1, 0.15) is 0 Å². The lowest BCUT2D eigenvalue weighted by molar-refractivity contribution is -0.129. The summed E-state index contributed by atoms with van der Waals surface area (Å²) in [5, 5.41) is 9.80. The van der Waals surface area contributed by atoms with Gasteiger partial charge < -0.3 is 9.80 Å². The van der Waals surface area contributed by atoms with Crippen LogP contribution in [0.3, 0.4) is 0 Å². The minimum Gasteiger partial charge on any atom is -0.339 e. The molecule has 0 N–H and O–H groups in total. The van der Waals surface area contributed by atoms with Gasteiger partial charge in [0.25, 0.3) is 0 Å². The molecule has 33 heavy (non-hydrogen) atoms. The van der Waals surface area contributed by atoms with Crippen molar-refractivity contribution in [1.82, 2.24) is 24.6 Å². The molecule has 7 heteroatoms. The molecule has 0 bridgehead atoms. The largest absolute Gasteiger partial charge is 0.339 e. The maximum Gasteiger partial charge on any atom is 0.233 e. The van der Waals surface area contributed by atoms with Gasteiger partial charge in [-0.2, -0.15) is 0 Å². The molecule has 0 aliphatic carbocycles. The lowest BCUT2D eigenvalue weighted by Crippen LogP contribution is -2.47. The van der Waals surface area contributed by atoms with Crippen LogP contribution in [0, 0.1) is 0 Å². The van der Waals surface area contributed by atoms with Crippen molar-refractivity contribution < 1.29 is 4.79 Å². The van der Waals surface area contributed by atoms with E-state index in [4.69, 9.17) is 0 Å². The number of thioether (sulfide) groups is 1. The Morgan fingerprint density at radius 3 is 2.24 bits per heavy atom. The van der Waals surface area contributed by atoms with Crippen molar-refractivity contribution in [3.63, 3.8) is 0 Å². The Morgan fingerprint density at radius 2 is 1.61 bits per heavy atom. The molecule has 6 nitrogen and oxygen atoms in total. The van der Waals surface area contributed by atoms with Gasteiger partial charge in [-0.05, 0) is 23.6 Å². The Kier molecular flexibility index (Phi) is 7.20. The van der Waals surface area contributed by atoms with Crippen LogP contribution < -0.4 is 0 Å². The zero-order valence-corrected chi connectivity index (χ0v) is 20.8. The summed E-state index contributed by atoms with van der Waals surface area (Å²) < 4.78 is 2.13. The average molecular weight is 464 g/mol. The predicted molar refractivity (Wildman–Crippen MR) is 135 cm³/mol. The Balaban J connectivity index is 1.56. The topological polar surface area (TPSA) is 54.3 Å². The van der Waals surface area contributed by atoms with E-state index in [9.17, 15) is 4.79 Å². The van der Waals surface area contributed by atoms with Crippen LogP contribution in [-0.2, 0) is 16.8 Å². The highest BCUT2D eigenvalue weighted by molar-refractivity contribution is 7.99. The van der Waals surface area contributed by atoms with Gasteiger partial charge in [-0.3, -0.25) is 9.36 Å². The Labute approximate surface area is 201 Å². The van der Waals surface area contributed by atoms with Crippen molar-refractivity contribution in [3.8, 4) is 11.4 Å². The number of benzene rings is 2. The number of hydrogen-bond acceptors (Lipinski definition) is 5. The van der Waals surface area contributed by atoms with Crippen LogP contribution in [-0.4, -0.2) is 69.5 Å². The number of aromatic nitrogens is 3. The van der Waals surface area contributed by atoms with Crippen LogP contribution in [0.5, 0.6) is 0 Å². The van der Waals surface area contributed by atoms with E-state index < -0.39 is 0 Å². The number of nitrogens with zero attached hydrogens (tertiary/aromatic N) is 5. The molecule has 1 amide bonds. The standard InChI is InChI=1S/C26H33N5OS/c1-26(2,3)22-12-10-21(11-13-22)24-27-28-25(31(24)18-20-8-6-5-7-9-20)33-19-23(32)30-16-14-29(4)15-17-30/h5-13H,14-19H2,1-4H3. The molecule has 1 fully saturated rings. The van der Waals surface area contributed by atoms with Gasteiger partial charge in [-0.25, -0.2) is 0 Å². The second-order valence-corrected chi connectivity index (χ2v) is 10.6. The number of carbonyl (C=O) groups excluding carboxylic acids is 1. The van der Waals surface area contributed by atoms with Crippen LogP contribution in [0.2, 0.25) is 0 Å². The molecule has 0 unspecified atom stereocenters. The molecule has 1 aliphatic rings. The molecular weight excluding hydrogens is 430 g/mol. The fraction of sp³-hybridized carbons (Fsp3) is 0.423. The summed E-state index contributed by atoms with van der Waals surface area (Å²) in [5.74, 6) is 1.37. The van der Waals surface area contributed by atoms with E-state index in [1.807, 2.05) is 23.1 Å². The van der Waals surface area contributed by atoms with Crippen molar-refractivity contribution in [2.24, 2.45) is 0 Å². The van der Waals surface area contributed by atoms with Crippen molar-refractivity contribution in [2.45, 2.75) is 37.9 Å². The van der Waals surface area contributed by atoms with E-state index in [0.717, 1.165) is 42.7 Å². The van der Waals surface area contributed by atoms with Gasteiger partial charge in [0.15, 0.2) is 11.0 Å². The van der Waals surface area contributed by atoms with Gasteiger partial charge in [-0.15, -0.1) is 10.2 Å². The highest BCUT2D eigenvalue weighted by Crippen LogP contribution is 2.28. The van der Waals surface area contributed by atoms with E-state index in [0.29, 0.717) is 12.3 Å². The van der Waals surface area contributed by atoms with E-state index in [1.165, 1.54) is 22.9 Å². The summed E-state index contributed by atoms with van der Waals surface area (Å²) >= 11 is 1.48. The normalized spacial score (nSPS) is 15.1. The Bertz CT molecular complexity index is 1060. The van der Waals surface area contributed by atoms with Crippen LogP contribution in [0.4, 0.5) is 0 Å². The van der Waals surface area contributed by atoms with Crippen LogP contribution >= 0.6 is 11.8 Å². The highest BCUT2D eigenvalue weighted by atomic mass is 32.2. The third-order valence-electron chi connectivity index (χ3n) is 6.09. The Hall–Kier alpha value is -2.64. The second kappa shape index (κ2) is 10.1. The van der Waals surface area contributed by atoms with Crippen LogP contribution in [0.15, 0.2) is 59.8 Å². The lowest BCUT2D eigenvalue weighted by Gasteiger charge is -2.32. The number of amides is 1. The number of likely N-dealkylation sites (N-methyl/N-ethyl adjacent to an activating group) is 1. The molecule has 3 aromatic rings. The SMILES string of the molecule is CN1CCN(C(=O)CSc2nnc(-c3ccc(C(C)(C)C)cc3)n2Cc2ccccc2)CC1. The van der Waals surface area contributed by atoms with Gasteiger partial charge in [-0.1, -0.05) is 87.1 Å². The minimum atomic E-state index is 0.0981. The van der Waals surface area contributed by atoms with Crippen molar-refractivity contribution in [1.29, 1.82) is 0 Å².